The molecule has 154 valence electrons. The van der Waals surface area contributed by atoms with Crippen LogP contribution in [-0.2, 0) is 0 Å². The quantitative estimate of drug-likeness (QED) is 0.706. The first-order chi connectivity index (χ1) is 13.7. The molecule has 0 spiro atoms. The van der Waals surface area contributed by atoms with E-state index in [0.29, 0.717) is 0 Å². The van der Waals surface area contributed by atoms with Crippen molar-refractivity contribution in [2.24, 2.45) is 0 Å². The van der Waals surface area contributed by atoms with Crippen molar-refractivity contribution in [3.8, 4) is 17.6 Å². The summed E-state index contributed by atoms with van der Waals surface area (Å²) in [5.74, 6) is -0.962. The highest BCUT2D eigenvalue weighted by Crippen LogP contribution is 2.28. The predicted molar refractivity (Wildman–Crippen MR) is 93.8 cm³/mol. The molecule has 0 aliphatic carbocycles. The lowest BCUT2D eigenvalue weighted by molar-refractivity contribution is -0.206. The minimum atomic E-state index is -4.85. The Labute approximate surface area is 163 Å². The highest BCUT2D eigenvalue weighted by Gasteiger charge is 2.39. The van der Waals surface area contributed by atoms with Crippen LogP contribution in [0, 0.1) is 17.1 Å². The SMILES string of the molecule is CCN(C[C@@H](O)C(F)(F)F)C(=O)Nc1ccc(Oc2c(F)cccc2C#N)cn1. The molecule has 0 saturated heterocycles. The van der Waals surface area contributed by atoms with Crippen LogP contribution in [0.25, 0.3) is 0 Å². The van der Waals surface area contributed by atoms with E-state index in [1.165, 1.54) is 31.2 Å². The number of aliphatic hydroxyl groups is 1. The minimum absolute atomic E-state index is 0.00339. The standard InChI is InChI=1S/C18H16F4N4O3/c1-2-26(10-14(27)18(20,21)22)17(28)25-15-7-6-12(9-24-15)29-16-11(8-23)4-3-5-13(16)19/h3-7,9,14,27H,2,10H2,1H3,(H,24,25,28)/t14-/m1/s1. The molecule has 1 aromatic heterocycles. The predicted octanol–water partition coefficient (Wildman–Crippen LogP) is 3.66. The number of para-hydroxylation sites is 1. The number of pyridine rings is 1. The van der Waals surface area contributed by atoms with Crippen molar-refractivity contribution in [2.75, 3.05) is 18.4 Å². The van der Waals surface area contributed by atoms with E-state index >= 15 is 0 Å². The zero-order chi connectivity index (χ0) is 21.6. The fraction of sp³-hybridized carbons (Fsp3) is 0.278. The second-order valence-corrected chi connectivity index (χ2v) is 5.74. The van der Waals surface area contributed by atoms with Gasteiger partial charge in [-0.15, -0.1) is 0 Å². The van der Waals surface area contributed by atoms with Crippen molar-refractivity contribution in [1.29, 1.82) is 5.26 Å². The summed E-state index contributed by atoms with van der Waals surface area (Å²) in [5, 5.41) is 20.4. The normalized spacial score (nSPS) is 12.0. The maximum atomic E-state index is 13.8. The number of halogens is 4. The molecule has 2 N–H and O–H groups in total. The molecule has 0 saturated carbocycles. The lowest BCUT2D eigenvalue weighted by Gasteiger charge is -2.25. The highest BCUT2D eigenvalue weighted by molar-refractivity contribution is 5.88. The summed E-state index contributed by atoms with van der Waals surface area (Å²) in [6, 6.07) is 7.36. The summed E-state index contributed by atoms with van der Waals surface area (Å²) >= 11 is 0. The average molecular weight is 412 g/mol. The zero-order valence-electron chi connectivity index (χ0n) is 15.1. The van der Waals surface area contributed by atoms with Crippen molar-refractivity contribution < 1.29 is 32.2 Å². The fourth-order valence-corrected chi connectivity index (χ4v) is 2.19. The van der Waals surface area contributed by atoms with Crippen molar-refractivity contribution >= 4 is 11.8 Å². The molecule has 1 atom stereocenters. The molecule has 2 rings (SSSR count). The monoisotopic (exact) mass is 412 g/mol. The summed E-state index contributed by atoms with van der Waals surface area (Å²) in [6.45, 7) is 0.440. The van der Waals surface area contributed by atoms with Gasteiger partial charge in [-0.05, 0) is 31.2 Å². The molecule has 0 aliphatic rings. The molecular formula is C18H16F4N4O3. The maximum Gasteiger partial charge on any atom is 0.416 e. The summed E-state index contributed by atoms with van der Waals surface area (Å²) < 4.78 is 56.5. The zero-order valence-corrected chi connectivity index (χ0v) is 15.1. The van der Waals surface area contributed by atoms with Gasteiger partial charge in [-0.1, -0.05) is 6.07 Å². The van der Waals surface area contributed by atoms with Gasteiger partial charge in [0.1, 0.15) is 17.6 Å². The number of hydrogen-bond donors (Lipinski definition) is 2. The highest BCUT2D eigenvalue weighted by atomic mass is 19.4. The topological polar surface area (TPSA) is 98.5 Å². The van der Waals surface area contributed by atoms with E-state index in [1.807, 2.05) is 0 Å². The van der Waals surface area contributed by atoms with Crippen LogP contribution in [0.4, 0.5) is 28.2 Å². The summed E-state index contributed by atoms with van der Waals surface area (Å²) in [7, 11) is 0. The van der Waals surface area contributed by atoms with E-state index in [-0.39, 0.29) is 29.4 Å². The van der Waals surface area contributed by atoms with Crippen LogP contribution in [0.1, 0.15) is 12.5 Å². The van der Waals surface area contributed by atoms with Crippen molar-refractivity contribution in [3.05, 3.63) is 47.9 Å². The number of benzene rings is 1. The molecule has 11 heteroatoms. The number of nitrogens with zero attached hydrogens (tertiary/aromatic N) is 3. The number of rotatable bonds is 6. The van der Waals surface area contributed by atoms with Gasteiger partial charge in [0.2, 0.25) is 0 Å². The Kier molecular flexibility index (Phi) is 6.95. The van der Waals surface area contributed by atoms with Crippen LogP contribution in [0.3, 0.4) is 0 Å². The van der Waals surface area contributed by atoms with E-state index in [4.69, 9.17) is 15.1 Å². The number of urea groups is 1. The molecule has 1 heterocycles. The van der Waals surface area contributed by atoms with Crippen molar-refractivity contribution in [3.63, 3.8) is 0 Å². The Morgan fingerprint density at radius 2 is 2.10 bits per heavy atom. The number of carbonyl (C=O) groups is 1. The Hall–Kier alpha value is -3.39. The molecule has 0 radical (unpaired) electrons. The number of ether oxygens (including phenoxy) is 1. The smallest absolute Gasteiger partial charge is 0.416 e. The van der Waals surface area contributed by atoms with Crippen molar-refractivity contribution in [2.45, 2.75) is 19.2 Å². The van der Waals surface area contributed by atoms with Gasteiger partial charge in [-0.3, -0.25) is 5.32 Å². The van der Waals surface area contributed by atoms with E-state index in [2.05, 4.69) is 10.3 Å². The molecule has 0 fully saturated rings. The molecular weight excluding hydrogens is 396 g/mol. The van der Waals surface area contributed by atoms with Gasteiger partial charge in [0.25, 0.3) is 0 Å². The van der Waals surface area contributed by atoms with Gasteiger partial charge in [0, 0.05) is 6.54 Å². The number of nitriles is 1. The van der Waals surface area contributed by atoms with Gasteiger partial charge in [-0.2, -0.15) is 18.4 Å². The second-order valence-electron chi connectivity index (χ2n) is 5.74. The third-order valence-corrected chi connectivity index (χ3v) is 3.72. The van der Waals surface area contributed by atoms with Crippen LogP contribution in [-0.4, -0.2) is 46.4 Å². The Morgan fingerprint density at radius 3 is 2.66 bits per heavy atom. The van der Waals surface area contributed by atoms with Gasteiger partial charge >= 0.3 is 12.2 Å². The maximum absolute atomic E-state index is 13.8. The minimum Gasteiger partial charge on any atom is -0.451 e. The molecule has 7 nitrogen and oxygen atoms in total. The third-order valence-electron chi connectivity index (χ3n) is 3.72. The van der Waals surface area contributed by atoms with E-state index in [9.17, 15) is 22.4 Å². The number of hydrogen-bond acceptors (Lipinski definition) is 5. The largest absolute Gasteiger partial charge is 0.451 e. The van der Waals surface area contributed by atoms with Crippen LogP contribution in [0.5, 0.6) is 11.5 Å². The van der Waals surface area contributed by atoms with Crippen LogP contribution < -0.4 is 10.1 Å². The van der Waals surface area contributed by atoms with Gasteiger partial charge < -0.3 is 14.7 Å². The lowest BCUT2D eigenvalue weighted by atomic mass is 10.2. The number of alkyl halides is 3. The number of likely N-dealkylation sites (N-methyl/N-ethyl adjacent to an activating group) is 1. The molecule has 0 aliphatic heterocycles. The fourth-order valence-electron chi connectivity index (χ4n) is 2.19. The molecule has 1 aromatic carbocycles. The average Bonchev–Trinajstić information content (AvgIpc) is 2.67. The first-order valence-electron chi connectivity index (χ1n) is 8.29. The summed E-state index contributed by atoms with van der Waals surface area (Å²) in [4.78, 5) is 16.7. The van der Waals surface area contributed by atoms with E-state index in [0.717, 1.165) is 17.2 Å². The van der Waals surface area contributed by atoms with Crippen molar-refractivity contribution in [1.82, 2.24) is 9.88 Å². The van der Waals surface area contributed by atoms with Crippen LogP contribution in [0.2, 0.25) is 0 Å². The van der Waals surface area contributed by atoms with Gasteiger partial charge in [0.15, 0.2) is 17.7 Å². The summed E-state index contributed by atoms with van der Waals surface area (Å²) in [5.41, 5.74) is -0.0239. The first kappa shape index (κ1) is 21.9. The number of aromatic nitrogens is 1. The molecule has 29 heavy (non-hydrogen) atoms. The molecule has 2 aromatic rings. The lowest BCUT2D eigenvalue weighted by Crippen LogP contribution is -2.45. The number of aliphatic hydroxyl groups excluding tert-OH is 1. The molecule has 0 bridgehead atoms. The Bertz CT molecular complexity index is 897. The molecule has 2 amide bonds. The number of carbonyl (C=O) groups excluding carboxylic acids is 1. The Balaban J connectivity index is 2.05. The van der Waals surface area contributed by atoms with E-state index in [1.54, 1.807) is 6.07 Å². The van der Waals surface area contributed by atoms with Gasteiger partial charge in [-0.25, -0.2) is 14.2 Å². The summed E-state index contributed by atoms with van der Waals surface area (Å²) in [6.07, 6.45) is -6.38. The second kappa shape index (κ2) is 9.20. The van der Waals surface area contributed by atoms with E-state index < -0.39 is 30.7 Å². The third kappa shape index (κ3) is 5.79. The van der Waals surface area contributed by atoms with Crippen LogP contribution in [0.15, 0.2) is 36.5 Å². The molecule has 0 unspecified atom stereocenters. The van der Waals surface area contributed by atoms with Crippen LogP contribution >= 0.6 is 0 Å². The number of amides is 2. The number of nitrogens with one attached hydrogen (secondary N) is 1. The Morgan fingerprint density at radius 1 is 1.38 bits per heavy atom. The number of anilines is 1. The van der Waals surface area contributed by atoms with Gasteiger partial charge in [0.05, 0.1) is 18.3 Å². The first-order valence-corrected chi connectivity index (χ1v) is 8.29.